The van der Waals surface area contributed by atoms with Crippen molar-refractivity contribution < 1.29 is 4.74 Å². The van der Waals surface area contributed by atoms with Gasteiger partial charge in [-0.15, -0.1) is 0 Å². The Morgan fingerprint density at radius 3 is 1.26 bits per heavy atom. The Morgan fingerprint density at radius 1 is 0.581 bits per heavy atom. The number of hydrogen-bond acceptors (Lipinski definition) is 1. The average molecular weight is 421 g/mol. The summed E-state index contributed by atoms with van der Waals surface area (Å²) in [6.45, 7) is 4.57. The summed E-state index contributed by atoms with van der Waals surface area (Å²) in [4.78, 5) is 0. The Bertz CT molecular complexity index is 1030. The first-order valence-corrected chi connectivity index (χ1v) is 13.1. The minimum Gasteiger partial charge on any atom is -0.363 e. The zero-order valence-corrected chi connectivity index (χ0v) is 19.1. The summed E-state index contributed by atoms with van der Waals surface area (Å²) < 4.78 is 6.94. The lowest BCUT2D eigenvalue weighted by atomic mass is 10.0. The fourth-order valence-electron chi connectivity index (χ4n) is 5.42. The van der Waals surface area contributed by atoms with Crippen molar-refractivity contribution in [2.45, 2.75) is 25.2 Å². The predicted octanol–water partition coefficient (Wildman–Crippen LogP) is 4.65. The predicted molar refractivity (Wildman–Crippen MR) is 132 cm³/mol. The van der Waals surface area contributed by atoms with E-state index in [1.165, 1.54) is 21.1 Å². The zero-order valence-electron chi connectivity index (χ0n) is 18.1. The van der Waals surface area contributed by atoms with Crippen molar-refractivity contribution >= 4 is 23.6 Å². The van der Waals surface area contributed by atoms with Crippen LogP contribution in [0.25, 0.3) is 0 Å². The number of epoxide rings is 1. The van der Waals surface area contributed by atoms with Crippen LogP contribution in [0.15, 0.2) is 121 Å². The van der Waals surface area contributed by atoms with Crippen molar-refractivity contribution in [2.24, 2.45) is 5.92 Å². The van der Waals surface area contributed by atoms with Gasteiger partial charge in [0, 0.05) is 0 Å². The molecule has 0 spiro atoms. The maximum absolute atomic E-state index is 6.94. The van der Waals surface area contributed by atoms with Crippen LogP contribution in [-0.4, -0.2) is 14.2 Å². The monoisotopic (exact) mass is 420 g/mol. The number of rotatable bonds is 6. The highest BCUT2D eigenvalue weighted by Crippen LogP contribution is 2.55. The lowest BCUT2D eigenvalue weighted by Crippen LogP contribution is -2.75. The smallest absolute Gasteiger partial charge is 0.192 e. The van der Waals surface area contributed by atoms with Gasteiger partial charge in [-0.05, 0) is 27.0 Å². The second kappa shape index (κ2) is 7.95. The minimum atomic E-state index is -2.63. The molecule has 0 amide bonds. The molecule has 31 heavy (non-hydrogen) atoms. The van der Waals surface area contributed by atoms with Gasteiger partial charge in [-0.1, -0.05) is 135 Å². The molecule has 4 aromatic rings. The van der Waals surface area contributed by atoms with E-state index >= 15 is 0 Å². The fraction of sp³-hybridized carbons (Fsp3) is 0.172. The van der Waals surface area contributed by atoms with E-state index in [4.69, 9.17) is 4.74 Å². The van der Waals surface area contributed by atoms with Crippen LogP contribution in [0.2, 0.25) is 0 Å². The van der Waals surface area contributed by atoms with E-state index in [2.05, 4.69) is 135 Å². The van der Waals surface area contributed by atoms with Gasteiger partial charge in [0.05, 0.1) is 6.10 Å². The van der Waals surface area contributed by atoms with Gasteiger partial charge < -0.3 is 4.74 Å². The van der Waals surface area contributed by atoms with Gasteiger partial charge in [-0.3, -0.25) is 0 Å². The molecule has 1 fully saturated rings. The first-order valence-electron chi connectivity index (χ1n) is 11.1. The summed E-state index contributed by atoms with van der Waals surface area (Å²) in [6, 6.07) is 44.2. The molecular weight excluding hydrogens is 392 g/mol. The molecule has 1 nitrogen and oxygen atoms in total. The third-order valence-electron chi connectivity index (χ3n) is 6.64. The number of hydrogen-bond donors (Lipinski definition) is 0. The van der Waals surface area contributed by atoms with Crippen molar-refractivity contribution in [2.75, 3.05) is 0 Å². The van der Waals surface area contributed by atoms with Gasteiger partial charge in [0.15, 0.2) is 8.07 Å². The fourth-order valence-corrected chi connectivity index (χ4v) is 11.4. The van der Waals surface area contributed by atoms with E-state index in [0.29, 0.717) is 5.92 Å². The van der Waals surface area contributed by atoms with Crippen molar-refractivity contribution in [3.63, 3.8) is 0 Å². The maximum Gasteiger partial charge on any atom is 0.192 e. The molecule has 1 aliphatic heterocycles. The number of benzene rings is 4. The molecule has 0 aliphatic carbocycles. The van der Waals surface area contributed by atoms with E-state index in [0.717, 1.165) is 0 Å². The summed E-state index contributed by atoms with van der Waals surface area (Å²) >= 11 is 0. The van der Waals surface area contributed by atoms with Gasteiger partial charge in [0.1, 0.15) is 5.22 Å². The topological polar surface area (TPSA) is 12.5 Å². The second-order valence-electron chi connectivity index (χ2n) is 8.73. The molecule has 1 saturated heterocycles. The average Bonchev–Trinajstić information content (AvgIpc) is 3.60. The Kier molecular flexibility index (Phi) is 5.13. The van der Waals surface area contributed by atoms with Gasteiger partial charge in [0.2, 0.25) is 0 Å². The molecule has 0 radical (unpaired) electrons. The Morgan fingerprint density at radius 2 is 0.935 bits per heavy atom. The largest absolute Gasteiger partial charge is 0.363 e. The molecule has 2 heteroatoms. The Balaban J connectivity index is 1.93. The number of ether oxygens (including phenoxy) is 1. The molecule has 1 aliphatic rings. The molecule has 154 valence electrons. The lowest BCUT2D eigenvalue weighted by molar-refractivity contribution is 0.321. The minimum absolute atomic E-state index is 0.169. The summed E-state index contributed by atoms with van der Waals surface area (Å²) in [5.41, 5.74) is 1.29. The van der Waals surface area contributed by atoms with Gasteiger partial charge >= 0.3 is 0 Å². The highest BCUT2D eigenvalue weighted by molar-refractivity contribution is 7.13. The van der Waals surface area contributed by atoms with Crippen molar-refractivity contribution in [1.82, 2.24) is 0 Å². The SMILES string of the molecule is CC(C)[C@@H]1O[C@]1(c1ccccc1)[Si](c1ccccc1)(c1ccccc1)c1ccccc1. The molecule has 2 atom stereocenters. The maximum atomic E-state index is 6.94. The van der Waals surface area contributed by atoms with E-state index in [-0.39, 0.29) is 11.3 Å². The van der Waals surface area contributed by atoms with Gasteiger partial charge in [0.25, 0.3) is 0 Å². The third-order valence-corrected chi connectivity index (χ3v) is 12.0. The third kappa shape index (κ3) is 3.02. The summed E-state index contributed by atoms with van der Waals surface area (Å²) in [5.74, 6) is 0.420. The van der Waals surface area contributed by atoms with E-state index in [1.54, 1.807) is 0 Å². The van der Waals surface area contributed by atoms with E-state index in [9.17, 15) is 0 Å². The zero-order chi connectivity index (χ0) is 21.3. The van der Waals surface area contributed by atoms with Crippen molar-refractivity contribution in [1.29, 1.82) is 0 Å². The first kappa shape index (κ1) is 20.0. The molecule has 4 aromatic carbocycles. The van der Waals surface area contributed by atoms with Crippen LogP contribution < -0.4 is 15.6 Å². The van der Waals surface area contributed by atoms with Crippen LogP contribution in [-0.2, 0) is 9.96 Å². The molecule has 0 bridgehead atoms. The van der Waals surface area contributed by atoms with Gasteiger partial charge in [-0.25, -0.2) is 0 Å². The van der Waals surface area contributed by atoms with Crippen molar-refractivity contribution in [3.8, 4) is 0 Å². The van der Waals surface area contributed by atoms with Crippen LogP contribution in [0.1, 0.15) is 19.4 Å². The standard InChI is InChI=1S/C29H28OSi/c1-23(2)28-29(30-28,24-15-7-3-8-16-24)31(25-17-9-4-10-18-25,26-19-11-5-12-20-26)27-21-13-6-14-22-27/h3-23,28H,1-2H3/t28-,29+/m0/s1. The molecule has 5 rings (SSSR count). The summed E-state index contributed by atoms with van der Waals surface area (Å²) in [6.07, 6.45) is 0.169. The van der Waals surface area contributed by atoms with E-state index in [1.807, 2.05) is 0 Å². The quantitative estimate of drug-likeness (QED) is 0.251. The normalized spacial score (nSPS) is 20.5. The second-order valence-corrected chi connectivity index (χ2v) is 12.7. The summed E-state index contributed by atoms with van der Waals surface area (Å²) in [5, 5.41) is 3.81. The molecular formula is C29H28OSi. The van der Waals surface area contributed by atoms with Crippen LogP contribution >= 0.6 is 0 Å². The molecule has 0 saturated carbocycles. The van der Waals surface area contributed by atoms with Crippen LogP contribution in [0.4, 0.5) is 0 Å². The summed E-state index contributed by atoms with van der Waals surface area (Å²) in [7, 11) is -2.63. The Hall–Kier alpha value is -2.94. The molecule has 1 heterocycles. The van der Waals surface area contributed by atoms with Crippen LogP contribution in [0.3, 0.4) is 0 Å². The van der Waals surface area contributed by atoms with E-state index < -0.39 is 8.07 Å². The van der Waals surface area contributed by atoms with Gasteiger partial charge in [-0.2, -0.15) is 0 Å². The first-order chi connectivity index (χ1) is 15.2. The molecule has 0 N–H and O–H groups in total. The molecule has 0 aromatic heterocycles. The van der Waals surface area contributed by atoms with Crippen LogP contribution in [0.5, 0.6) is 0 Å². The Labute approximate surface area is 186 Å². The van der Waals surface area contributed by atoms with Crippen LogP contribution in [0, 0.1) is 5.92 Å². The molecule has 0 unspecified atom stereocenters. The lowest BCUT2D eigenvalue weighted by Gasteiger charge is -2.40. The highest BCUT2D eigenvalue weighted by atomic mass is 28.3. The highest BCUT2D eigenvalue weighted by Gasteiger charge is 2.73. The van der Waals surface area contributed by atoms with Crippen molar-refractivity contribution in [3.05, 3.63) is 127 Å².